The van der Waals surface area contributed by atoms with Crippen LogP contribution in [0.25, 0.3) is 98.7 Å². The molecule has 0 atom stereocenters. The second-order valence-electron chi connectivity index (χ2n) is 15.5. The third kappa shape index (κ3) is 5.63. The molecule has 10 aromatic carbocycles. The first-order valence-corrected chi connectivity index (χ1v) is 20.4. The molecule has 280 valence electrons. The van der Waals surface area contributed by atoms with Crippen molar-refractivity contribution in [2.45, 2.75) is 0 Å². The molecule has 0 unspecified atom stereocenters. The van der Waals surface area contributed by atoms with E-state index in [1.54, 1.807) is 0 Å². The molecule has 0 aliphatic carbocycles. The molecule has 0 spiro atoms. The van der Waals surface area contributed by atoms with Crippen LogP contribution in [-0.2, 0) is 0 Å². The summed E-state index contributed by atoms with van der Waals surface area (Å²) < 4.78 is 6.15. The Morgan fingerprint density at radius 3 is 1.25 bits per heavy atom. The number of para-hydroxylation sites is 1. The number of rotatable bonds is 6. The van der Waals surface area contributed by atoms with Crippen molar-refractivity contribution in [1.82, 2.24) is 4.98 Å². The van der Waals surface area contributed by atoms with Crippen LogP contribution in [0.4, 0.5) is 17.1 Å². The summed E-state index contributed by atoms with van der Waals surface area (Å²) in [4.78, 5) is 7.29. The van der Waals surface area contributed by atoms with Crippen molar-refractivity contribution >= 4 is 82.2 Å². The highest BCUT2D eigenvalue weighted by Gasteiger charge is 2.17. The second kappa shape index (κ2) is 13.8. The molecule has 60 heavy (non-hydrogen) atoms. The average molecular weight is 765 g/mol. The van der Waals surface area contributed by atoms with Crippen LogP contribution in [0.5, 0.6) is 0 Å². The van der Waals surface area contributed by atoms with Crippen molar-refractivity contribution < 1.29 is 4.42 Å². The zero-order valence-corrected chi connectivity index (χ0v) is 32.6. The van der Waals surface area contributed by atoms with Gasteiger partial charge in [-0.3, -0.25) is 0 Å². The smallest absolute Gasteiger partial charge is 0.227 e. The molecule has 0 aliphatic rings. The number of hydrogen-bond acceptors (Lipinski definition) is 3. The van der Waals surface area contributed by atoms with Crippen molar-refractivity contribution in [2.75, 3.05) is 4.90 Å². The van der Waals surface area contributed by atoms with Gasteiger partial charge in [-0.1, -0.05) is 152 Å². The zero-order valence-electron chi connectivity index (χ0n) is 32.6. The number of anilines is 3. The molecule has 2 heterocycles. The topological polar surface area (TPSA) is 29.3 Å². The van der Waals surface area contributed by atoms with E-state index in [-0.39, 0.29) is 0 Å². The predicted molar refractivity (Wildman–Crippen MR) is 253 cm³/mol. The predicted octanol–water partition coefficient (Wildman–Crippen LogP) is 16.1. The number of nitrogens with zero attached hydrogens (tertiary/aromatic N) is 2. The SMILES string of the molecule is c1ccc2c(c1)cc(-c1ccc(N(c3ccc(-c4ccc5c(n4)oc4ccccc45)cc3)c3ccc(-c4cc5ccccc5c5ccccc45)cc3)cc1)c1ccccc12. The molecule has 3 heteroatoms. The summed E-state index contributed by atoms with van der Waals surface area (Å²) in [5.41, 5.74) is 11.4. The van der Waals surface area contributed by atoms with Crippen molar-refractivity contribution in [1.29, 1.82) is 0 Å². The van der Waals surface area contributed by atoms with E-state index in [0.717, 1.165) is 44.7 Å². The number of furan rings is 1. The van der Waals surface area contributed by atoms with Gasteiger partial charge in [0, 0.05) is 33.4 Å². The molecule has 2 aromatic heterocycles. The molecular weight excluding hydrogens is 729 g/mol. The van der Waals surface area contributed by atoms with Crippen molar-refractivity contribution in [2.24, 2.45) is 0 Å². The van der Waals surface area contributed by atoms with Gasteiger partial charge in [0.2, 0.25) is 5.71 Å². The third-order valence-corrected chi connectivity index (χ3v) is 12.1. The Morgan fingerprint density at radius 2 is 0.733 bits per heavy atom. The van der Waals surface area contributed by atoms with Gasteiger partial charge in [0.15, 0.2) is 0 Å². The van der Waals surface area contributed by atoms with E-state index in [2.05, 4.69) is 205 Å². The number of aromatic nitrogens is 1. The van der Waals surface area contributed by atoms with E-state index in [0.29, 0.717) is 5.71 Å². The minimum Gasteiger partial charge on any atom is -0.438 e. The van der Waals surface area contributed by atoms with Gasteiger partial charge in [-0.25, -0.2) is 4.98 Å². The maximum atomic E-state index is 6.15. The maximum absolute atomic E-state index is 6.15. The Labute approximate surface area is 347 Å². The van der Waals surface area contributed by atoms with Gasteiger partial charge in [-0.2, -0.15) is 0 Å². The Bertz CT molecular complexity index is 3420. The van der Waals surface area contributed by atoms with Crippen LogP contribution >= 0.6 is 0 Å². The van der Waals surface area contributed by atoms with Gasteiger partial charge in [-0.15, -0.1) is 0 Å². The van der Waals surface area contributed by atoms with Crippen LogP contribution in [0.3, 0.4) is 0 Å². The quantitative estimate of drug-likeness (QED) is 0.158. The minimum absolute atomic E-state index is 0.651. The van der Waals surface area contributed by atoms with Crippen molar-refractivity contribution in [3.05, 3.63) is 218 Å². The normalized spacial score (nSPS) is 11.7. The Morgan fingerprint density at radius 1 is 0.317 bits per heavy atom. The van der Waals surface area contributed by atoms with Gasteiger partial charge >= 0.3 is 0 Å². The number of pyridine rings is 1. The van der Waals surface area contributed by atoms with E-state index in [1.165, 1.54) is 65.3 Å². The summed E-state index contributed by atoms with van der Waals surface area (Å²) in [6.45, 7) is 0. The van der Waals surface area contributed by atoms with E-state index < -0.39 is 0 Å². The molecule has 0 fully saturated rings. The molecular formula is C57H36N2O. The van der Waals surface area contributed by atoms with Crippen LogP contribution in [0.15, 0.2) is 223 Å². The lowest BCUT2D eigenvalue weighted by Gasteiger charge is -2.26. The van der Waals surface area contributed by atoms with Crippen LogP contribution in [0.2, 0.25) is 0 Å². The van der Waals surface area contributed by atoms with Crippen LogP contribution in [0.1, 0.15) is 0 Å². The van der Waals surface area contributed by atoms with Crippen LogP contribution in [-0.4, -0.2) is 4.98 Å². The average Bonchev–Trinajstić information content (AvgIpc) is 3.70. The molecule has 12 aromatic rings. The fourth-order valence-electron chi connectivity index (χ4n) is 9.16. The summed E-state index contributed by atoms with van der Waals surface area (Å²) in [7, 11) is 0. The Balaban J connectivity index is 0.959. The second-order valence-corrected chi connectivity index (χ2v) is 15.5. The zero-order chi connectivity index (χ0) is 39.6. The van der Waals surface area contributed by atoms with E-state index in [9.17, 15) is 0 Å². The van der Waals surface area contributed by atoms with E-state index in [1.807, 2.05) is 18.2 Å². The molecule has 0 saturated carbocycles. The Kier molecular flexibility index (Phi) is 7.85. The summed E-state index contributed by atoms with van der Waals surface area (Å²) >= 11 is 0. The lowest BCUT2D eigenvalue weighted by atomic mass is 9.93. The van der Waals surface area contributed by atoms with Gasteiger partial charge in [-0.05, 0) is 132 Å². The van der Waals surface area contributed by atoms with Gasteiger partial charge in [0.25, 0.3) is 0 Å². The molecule has 3 nitrogen and oxygen atoms in total. The summed E-state index contributed by atoms with van der Waals surface area (Å²) in [6, 6.07) is 78.5. The first-order valence-electron chi connectivity index (χ1n) is 20.4. The number of hydrogen-bond donors (Lipinski definition) is 0. The largest absolute Gasteiger partial charge is 0.438 e. The highest BCUT2D eigenvalue weighted by atomic mass is 16.3. The maximum Gasteiger partial charge on any atom is 0.227 e. The summed E-state index contributed by atoms with van der Waals surface area (Å²) in [6.07, 6.45) is 0. The highest BCUT2D eigenvalue weighted by molar-refractivity contribution is 6.15. The fraction of sp³-hybridized carbons (Fsp3) is 0. The highest BCUT2D eigenvalue weighted by Crippen LogP contribution is 2.41. The van der Waals surface area contributed by atoms with E-state index >= 15 is 0 Å². The molecule has 0 aliphatic heterocycles. The van der Waals surface area contributed by atoms with Crippen molar-refractivity contribution in [3.8, 4) is 33.5 Å². The summed E-state index contributed by atoms with van der Waals surface area (Å²) in [5, 5.41) is 12.2. The monoisotopic (exact) mass is 764 g/mol. The first kappa shape index (κ1) is 34.1. The van der Waals surface area contributed by atoms with Crippen LogP contribution < -0.4 is 4.90 Å². The summed E-state index contributed by atoms with van der Waals surface area (Å²) in [5.74, 6) is 0. The van der Waals surface area contributed by atoms with Gasteiger partial charge in [0.1, 0.15) is 5.58 Å². The van der Waals surface area contributed by atoms with Crippen molar-refractivity contribution in [3.63, 3.8) is 0 Å². The first-order chi connectivity index (χ1) is 29.7. The van der Waals surface area contributed by atoms with Crippen LogP contribution in [0, 0.1) is 0 Å². The number of benzene rings is 10. The molecule has 0 saturated heterocycles. The van der Waals surface area contributed by atoms with Gasteiger partial charge < -0.3 is 9.32 Å². The lowest BCUT2D eigenvalue weighted by molar-refractivity contribution is 0.654. The minimum atomic E-state index is 0.651. The fourth-order valence-corrected chi connectivity index (χ4v) is 9.16. The molecule has 0 N–H and O–H groups in total. The molecule has 0 bridgehead atoms. The third-order valence-electron chi connectivity index (χ3n) is 12.1. The van der Waals surface area contributed by atoms with E-state index in [4.69, 9.17) is 9.40 Å². The van der Waals surface area contributed by atoms with Gasteiger partial charge in [0.05, 0.1) is 5.69 Å². The number of fused-ring (bicyclic) bond motifs is 9. The molecule has 12 rings (SSSR count). The Hall–Kier alpha value is -8.01. The standard InChI is InChI=1S/C57H36N2O/c1-3-13-45-40(11-1)35-53(49-17-7-5-15-47(45)49)37-21-27-42(28-22-37)59(44-31-25-39(26-32-44)55-34-33-52-51-19-9-10-20-56(51)60-57(52)58-55)43-29-23-38(24-30-43)54-36-41-12-2-4-14-46(41)48-16-6-8-18-50(48)54/h1-36H. The molecule has 0 amide bonds. The molecule has 0 radical (unpaired) electrons. The lowest BCUT2D eigenvalue weighted by Crippen LogP contribution is -2.09.